The van der Waals surface area contributed by atoms with Crippen molar-refractivity contribution in [2.45, 2.75) is 75.0 Å². The van der Waals surface area contributed by atoms with Crippen molar-refractivity contribution in [1.29, 1.82) is 0 Å². The summed E-state index contributed by atoms with van der Waals surface area (Å²) in [6.45, 7) is 4.29. The van der Waals surface area contributed by atoms with Crippen molar-refractivity contribution in [3.63, 3.8) is 0 Å². The Balaban J connectivity index is 1.16. The van der Waals surface area contributed by atoms with Crippen LogP contribution in [0.15, 0.2) is 54.7 Å². The molecule has 3 aliphatic rings. The van der Waals surface area contributed by atoms with Crippen molar-refractivity contribution in [3.8, 4) is 0 Å². The van der Waals surface area contributed by atoms with Gasteiger partial charge < -0.3 is 31.0 Å². The Morgan fingerprint density at radius 1 is 1.07 bits per heavy atom. The lowest BCUT2D eigenvalue weighted by Crippen LogP contribution is -2.56. The number of piperidine rings is 1. The van der Waals surface area contributed by atoms with Gasteiger partial charge in [0.1, 0.15) is 6.04 Å². The summed E-state index contributed by atoms with van der Waals surface area (Å²) < 4.78 is 5.94. The number of nitrogens with one attached hydrogen (secondary N) is 3. The number of hydrogen-bond acceptors (Lipinski definition) is 4. The molecule has 0 bridgehead atoms. The summed E-state index contributed by atoms with van der Waals surface area (Å²) in [7, 11) is 0. The molecule has 212 valence electrons. The first-order valence-electron chi connectivity index (χ1n) is 14.8. The molecule has 3 heterocycles. The molecular weight excluding hydrogens is 502 g/mol. The van der Waals surface area contributed by atoms with Crippen LogP contribution >= 0.6 is 0 Å². The smallest absolute Gasteiger partial charge is 0.318 e. The fourth-order valence-corrected chi connectivity index (χ4v) is 7.14. The number of rotatable bonds is 7. The standard InChI is InChI=1S/C32H41N5O3/c1-21(26-20-34-28-9-5-3-7-25(26)28)29(30(38)35-19-24-11-10-23(18-33)40-24)36-31(39)37-16-14-32(15-17-37)13-12-22-6-2-4-8-27(22)32/h2-9,20-21,23-24,29,34H,10-19,33H2,1H3,(H,35,38)(H,36,39)/t21-,23?,24?,29+/m0/s1. The maximum absolute atomic E-state index is 13.6. The monoisotopic (exact) mass is 543 g/mol. The Morgan fingerprint density at radius 3 is 2.62 bits per heavy atom. The number of para-hydroxylation sites is 1. The molecule has 2 fully saturated rings. The van der Waals surface area contributed by atoms with Gasteiger partial charge in [-0.05, 0) is 66.7 Å². The third-order valence-corrected chi connectivity index (χ3v) is 9.60. The molecule has 3 amide bonds. The number of likely N-dealkylation sites (tertiary alicyclic amines) is 1. The Bertz CT molecular complexity index is 1360. The average Bonchev–Trinajstić information content (AvgIpc) is 3.72. The van der Waals surface area contributed by atoms with Gasteiger partial charge >= 0.3 is 6.03 Å². The largest absolute Gasteiger partial charge is 0.372 e. The minimum atomic E-state index is -0.721. The summed E-state index contributed by atoms with van der Waals surface area (Å²) in [6, 6.07) is 15.9. The van der Waals surface area contributed by atoms with Gasteiger partial charge in [0.15, 0.2) is 0 Å². The van der Waals surface area contributed by atoms with Gasteiger partial charge in [-0.2, -0.15) is 0 Å². The highest BCUT2D eigenvalue weighted by molar-refractivity contribution is 5.90. The number of aromatic nitrogens is 1. The Morgan fingerprint density at radius 2 is 1.82 bits per heavy atom. The number of aromatic amines is 1. The second-order valence-electron chi connectivity index (χ2n) is 11.9. The van der Waals surface area contributed by atoms with E-state index in [9.17, 15) is 9.59 Å². The maximum Gasteiger partial charge on any atom is 0.318 e. The molecule has 4 atom stereocenters. The molecule has 2 aliphatic heterocycles. The number of amides is 3. The normalized spacial score (nSPS) is 23.2. The molecule has 3 aromatic rings. The highest BCUT2D eigenvalue weighted by atomic mass is 16.5. The van der Waals surface area contributed by atoms with Gasteiger partial charge in [0.25, 0.3) is 0 Å². The first kappa shape index (κ1) is 26.8. The molecule has 1 aromatic heterocycles. The molecule has 6 rings (SSSR count). The molecule has 5 N–H and O–H groups in total. The SMILES string of the molecule is C[C@@H](c1c[nH]c2ccccc12)[C@@H](NC(=O)N1CCC2(CCc3ccccc32)CC1)C(=O)NCC1CCC(CN)O1. The van der Waals surface area contributed by atoms with E-state index < -0.39 is 6.04 Å². The maximum atomic E-state index is 13.6. The van der Waals surface area contributed by atoms with E-state index in [2.05, 4.69) is 45.9 Å². The van der Waals surface area contributed by atoms with Gasteiger partial charge in [-0.15, -0.1) is 0 Å². The Labute approximate surface area is 236 Å². The molecule has 1 aliphatic carbocycles. The number of carbonyl (C=O) groups excluding carboxylic acids is 2. The number of aryl methyl sites for hydroxylation is 1. The zero-order chi connectivity index (χ0) is 27.7. The summed E-state index contributed by atoms with van der Waals surface area (Å²) in [6.07, 6.45) is 7.90. The van der Waals surface area contributed by atoms with Gasteiger partial charge in [0, 0.05) is 49.2 Å². The summed E-state index contributed by atoms with van der Waals surface area (Å²) in [5.41, 5.74) is 10.9. The molecule has 40 heavy (non-hydrogen) atoms. The molecule has 8 nitrogen and oxygen atoms in total. The molecule has 8 heteroatoms. The fraction of sp³-hybridized carbons (Fsp3) is 0.500. The topological polar surface area (TPSA) is 112 Å². The van der Waals surface area contributed by atoms with Gasteiger partial charge in [-0.3, -0.25) is 4.79 Å². The Kier molecular flexibility index (Phi) is 7.55. The molecule has 1 spiro atoms. The van der Waals surface area contributed by atoms with Crippen molar-refractivity contribution in [2.75, 3.05) is 26.2 Å². The quantitative estimate of drug-likeness (QED) is 0.361. The molecule has 2 unspecified atom stereocenters. The molecule has 2 aromatic carbocycles. The van der Waals surface area contributed by atoms with E-state index in [-0.39, 0.29) is 35.5 Å². The lowest BCUT2D eigenvalue weighted by atomic mass is 9.74. The zero-order valence-electron chi connectivity index (χ0n) is 23.3. The van der Waals surface area contributed by atoms with E-state index in [0.717, 1.165) is 55.0 Å². The lowest BCUT2D eigenvalue weighted by molar-refractivity contribution is -0.124. The minimum absolute atomic E-state index is 0.0511. The summed E-state index contributed by atoms with van der Waals surface area (Å²) >= 11 is 0. The number of carbonyl (C=O) groups is 2. The van der Waals surface area contributed by atoms with Crippen molar-refractivity contribution >= 4 is 22.8 Å². The van der Waals surface area contributed by atoms with Gasteiger partial charge in [0.05, 0.1) is 12.2 Å². The lowest BCUT2D eigenvalue weighted by Gasteiger charge is -2.40. The van der Waals surface area contributed by atoms with E-state index >= 15 is 0 Å². The van der Waals surface area contributed by atoms with E-state index in [1.165, 1.54) is 11.1 Å². The average molecular weight is 544 g/mol. The van der Waals surface area contributed by atoms with Gasteiger partial charge in [-0.25, -0.2) is 4.79 Å². The van der Waals surface area contributed by atoms with Crippen molar-refractivity contribution in [3.05, 3.63) is 71.4 Å². The number of nitrogens with zero attached hydrogens (tertiary/aromatic N) is 1. The van der Waals surface area contributed by atoms with Gasteiger partial charge in [0.2, 0.25) is 5.91 Å². The van der Waals surface area contributed by atoms with Crippen LogP contribution in [0.25, 0.3) is 10.9 Å². The van der Waals surface area contributed by atoms with E-state index in [4.69, 9.17) is 10.5 Å². The van der Waals surface area contributed by atoms with Crippen LogP contribution in [-0.2, 0) is 21.4 Å². The highest BCUT2D eigenvalue weighted by Gasteiger charge is 2.42. The molecular formula is C32H41N5O3. The van der Waals surface area contributed by atoms with Crippen LogP contribution in [0.5, 0.6) is 0 Å². The van der Waals surface area contributed by atoms with Crippen LogP contribution in [0.2, 0.25) is 0 Å². The highest BCUT2D eigenvalue weighted by Crippen LogP contribution is 2.46. The minimum Gasteiger partial charge on any atom is -0.372 e. The van der Waals surface area contributed by atoms with Crippen LogP contribution in [0.3, 0.4) is 0 Å². The van der Waals surface area contributed by atoms with Crippen molar-refractivity contribution in [2.24, 2.45) is 5.73 Å². The predicted molar refractivity (Wildman–Crippen MR) is 156 cm³/mol. The number of benzene rings is 2. The van der Waals surface area contributed by atoms with Crippen LogP contribution < -0.4 is 16.4 Å². The molecule has 2 saturated heterocycles. The van der Waals surface area contributed by atoms with Crippen LogP contribution in [0.1, 0.15) is 61.6 Å². The van der Waals surface area contributed by atoms with Crippen molar-refractivity contribution in [1.82, 2.24) is 20.5 Å². The molecule has 0 saturated carbocycles. The Hall–Kier alpha value is -3.36. The van der Waals surface area contributed by atoms with Crippen LogP contribution in [0, 0.1) is 0 Å². The summed E-state index contributed by atoms with van der Waals surface area (Å²) in [5, 5.41) is 7.27. The number of urea groups is 1. The van der Waals surface area contributed by atoms with Gasteiger partial charge in [-0.1, -0.05) is 49.4 Å². The number of hydrogen-bond donors (Lipinski definition) is 4. The zero-order valence-corrected chi connectivity index (χ0v) is 23.3. The first-order valence-corrected chi connectivity index (χ1v) is 14.8. The van der Waals surface area contributed by atoms with E-state index in [1.54, 1.807) is 0 Å². The molecule has 0 radical (unpaired) electrons. The predicted octanol–water partition coefficient (Wildman–Crippen LogP) is 3.95. The second-order valence-corrected chi connectivity index (χ2v) is 11.9. The van der Waals surface area contributed by atoms with E-state index in [1.807, 2.05) is 36.2 Å². The van der Waals surface area contributed by atoms with Crippen LogP contribution in [-0.4, -0.2) is 66.3 Å². The number of fused-ring (bicyclic) bond motifs is 3. The number of H-pyrrole nitrogens is 1. The van der Waals surface area contributed by atoms with Crippen LogP contribution in [0.4, 0.5) is 4.79 Å². The summed E-state index contributed by atoms with van der Waals surface area (Å²) in [5.74, 6) is -0.427. The first-order chi connectivity index (χ1) is 19.5. The van der Waals surface area contributed by atoms with E-state index in [0.29, 0.717) is 26.2 Å². The number of ether oxygens (including phenoxy) is 1. The third-order valence-electron chi connectivity index (χ3n) is 9.60. The third kappa shape index (κ3) is 5.10. The number of nitrogens with two attached hydrogens (primary N) is 1. The second kappa shape index (κ2) is 11.3. The fourth-order valence-electron chi connectivity index (χ4n) is 7.14. The van der Waals surface area contributed by atoms with Crippen molar-refractivity contribution < 1.29 is 14.3 Å². The summed E-state index contributed by atoms with van der Waals surface area (Å²) in [4.78, 5) is 32.5.